The standard InChI is InChI=1S/C16H24ClNO3S/c1-16(2,3)10-9-15(13-5-7-14(17)8-6-13)18-11-4-12-22(19,20)21/h5-10,15,18H,4,11-12H2,1-3H3,(H,19,20,21)/t15-/m1/s1. The number of rotatable bonds is 7. The second-order valence-electron chi connectivity index (χ2n) is 6.35. The third kappa shape index (κ3) is 8.54. The van der Waals surface area contributed by atoms with Crippen molar-refractivity contribution in [3.8, 4) is 0 Å². The van der Waals surface area contributed by atoms with Crippen LogP contribution < -0.4 is 5.32 Å². The maximum absolute atomic E-state index is 10.7. The summed E-state index contributed by atoms with van der Waals surface area (Å²) in [6.45, 7) is 6.82. The lowest BCUT2D eigenvalue weighted by Gasteiger charge is -2.18. The molecule has 4 nitrogen and oxygen atoms in total. The molecule has 0 heterocycles. The summed E-state index contributed by atoms with van der Waals surface area (Å²) in [7, 11) is -3.90. The van der Waals surface area contributed by atoms with E-state index in [-0.39, 0.29) is 17.2 Å². The molecule has 0 saturated carbocycles. The van der Waals surface area contributed by atoms with Crippen LogP contribution in [0.4, 0.5) is 0 Å². The van der Waals surface area contributed by atoms with Gasteiger partial charge in [0.2, 0.25) is 0 Å². The summed E-state index contributed by atoms with van der Waals surface area (Å²) in [4.78, 5) is 0. The molecule has 6 heteroatoms. The van der Waals surface area contributed by atoms with Crippen LogP contribution in [-0.4, -0.2) is 25.3 Å². The molecule has 0 aliphatic carbocycles. The molecule has 0 unspecified atom stereocenters. The predicted octanol–water partition coefficient (Wildman–Crippen LogP) is 3.85. The first-order chi connectivity index (χ1) is 10.1. The molecule has 1 rings (SSSR count). The van der Waals surface area contributed by atoms with Crippen LogP contribution >= 0.6 is 11.6 Å². The molecule has 0 aliphatic heterocycles. The Hall–Kier alpha value is -0.880. The minimum absolute atomic E-state index is 0.0297. The minimum Gasteiger partial charge on any atom is -0.307 e. The van der Waals surface area contributed by atoms with Gasteiger partial charge in [0.25, 0.3) is 10.1 Å². The van der Waals surface area contributed by atoms with Crippen LogP contribution in [0.2, 0.25) is 5.02 Å². The Bertz CT molecular complexity index is 589. The SMILES string of the molecule is CC(C)(C)C=C[C@@H](NCCCS(=O)(=O)O)c1ccc(Cl)cc1. The number of allylic oxidation sites excluding steroid dienone is 1. The molecule has 1 aromatic carbocycles. The highest BCUT2D eigenvalue weighted by Gasteiger charge is 2.11. The van der Waals surface area contributed by atoms with Crippen molar-refractivity contribution in [2.24, 2.45) is 5.41 Å². The first-order valence-corrected chi connectivity index (χ1v) is 9.19. The lowest BCUT2D eigenvalue weighted by Crippen LogP contribution is -2.23. The van der Waals surface area contributed by atoms with Gasteiger partial charge in [-0.3, -0.25) is 4.55 Å². The molecule has 0 fully saturated rings. The van der Waals surface area contributed by atoms with Crippen molar-refractivity contribution in [2.45, 2.75) is 33.2 Å². The molecule has 0 amide bonds. The Morgan fingerprint density at radius 3 is 2.36 bits per heavy atom. The van der Waals surface area contributed by atoms with Crippen molar-refractivity contribution in [1.29, 1.82) is 0 Å². The van der Waals surface area contributed by atoms with Crippen LogP contribution in [0.1, 0.15) is 38.8 Å². The lowest BCUT2D eigenvalue weighted by molar-refractivity contribution is 0.478. The summed E-state index contributed by atoms with van der Waals surface area (Å²) in [5.74, 6) is -0.240. The van der Waals surface area contributed by atoms with Gasteiger partial charge >= 0.3 is 0 Å². The van der Waals surface area contributed by atoms with Crippen molar-refractivity contribution < 1.29 is 13.0 Å². The van der Waals surface area contributed by atoms with E-state index in [4.69, 9.17) is 16.2 Å². The topological polar surface area (TPSA) is 66.4 Å². The Morgan fingerprint density at radius 2 is 1.86 bits per heavy atom. The molecule has 0 spiro atoms. The fourth-order valence-electron chi connectivity index (χ4n) is 1.86. The number of hydrogen-bond acceptors (Lipinski definition) is 3. The number of nitrogens with one attached hydrogen (secondary N) is 1. The van der Waals surface area contributed by atoms with E-state index in [2.05, 4.69) is 38.2 Å². The van der Waals surface area contributed by atoms with Crippen LogP contribution in [-0.2, 0) is 10.1 Å². The summed E-state index contributed by atoms with van der Waals surface area (Å²) in [6, 6.07) is 7.51. The smallest absolute Gasteiger partial charge is 0.264 e. The highest BCUT2D eigenvalue weighted by Crippen LogP contribution is 2.21. The van der Waals surface area contributed by atoms with Crippen molar-refractivity contribution in [3.63, 3.8) is 0 Å². The van der Waals surface area contributed by atoms with E-state index in [0.29, 0.717) is 18.0 Å². The summed E-state index contributed by atoms with van der Waals surface area (Å²) >= 11 is 5.91. The number of halogens is 1. The Kier molecular flexibility index (Phi) is 7.06. The third-order valence-electron chi connectivity index (χ3n) is 2.96. The maximum Gasteiger partial charge on any atom is 0.264 e. The summed E-state index contributed by atoms with van der Waals surface area (Å²) in [5, 5.41) is 3.97. The zero-order chi connectivity index (χ0) is 16.8. The van der Waals surface area contributed by atoms with Gasteiger partial charge in [-0.25, -0.2) is 0 Å². The van der Waals surface area contributed by atoms with Gasteiger partial charge in [-0.05, 0) is 36.1 Å². The molecule has 0 aliphatic rings. The van der Waals surface area contributed by atoms with Gasteiger partial charge in [-0.1, -0.05) is 56.7 Å². The van der Waals surface area contributed by atoms with E-state index in [1.807, 2.05) is 24.3 Å². The molecule has 124 valence electrons. The maximum atomic E-state index is 10.7. The molecule has 22 heavy (non-hydrogen) atoms. The summed E-state index contributed by atoms with van der Waals surface area (Å²) in [5.41, 5.74) is 1.11. The largest absolute Gasteiger partial charge is 0.307 e. The average molecular weight is 346 g/mol. The predicted molar refractivity (Wildman–Crippen MR) is 91.8 cm³/mol. The highest BCUT2D eigenvalue weighted by atomic mass is 35.5. The highest BCUT2D eigenvalue weighted by molar-refractivity contribution is 7.85. The molecule has 1 atom stereocenters. The molecule has 1 aromatic rings. The normalized spacial score (nSPS) is 14.4. The van der Waals surface area contributed by atoms with Crippen LogP contribution in [0, 0.1) is 5.41 Å². The Labute approximate surface area is 138 Å². The molecule has 0 saturated heterocycles. The van der Waals surface area contributed by atoms with Crippen LogP contribution in [0.25, 0.3) is 0 Å². The van der Waals surface area contributed by atoms with Gasteiger partial charge in [0, 0.05) is 5.02 Å². The molecule has 2 N–H and O–H groups in total. The number of hydrogen-bond donors (Lipinski definition) is 2. The molecule has 0 bridgehead atoms. The summed E-state index contributed by atoms with van der Waals surface area (Å²) < 4.78 is 30.2. The summed E-state index contributed by atoms with van der Waals surface area (Å²) in [6.07, 6.45) is 4.53. The van der Waals surface area contributed by atoms with Crippen LogP contribution in [0.5, 0.6) is 0 Å². The van der Waals surface area contributed by atoms with E-state index in [1.54, 1.807) is 0 Å². The third-order valence-corrected chi connectivity index (χ3v) is 4.02. The van der Waals surface area contributed by atoms with Crippen molar-refractivity contribution in [2.75, 3.05) is 12.3 Å². The average Bonchev–Trinajstić information content (AvgIpc) is 2.37. The van der Waals surface area contributed by atoms with E-state index < -0.39 is 10.1 Å². The van der Waals surface area contributed by atoms with Crippen molar-refractivity contribution >= 4 is 21.7 Å². The fraction of sp³-hybridized carbons (Fsp3) is 0.500. The zero-order valence-electron chi connectivity index (χ0n) is 13.2. The van der Waals surface area contributed by atoms with Gasteiger partial charge in [0.05, 0.1) is 11.8 Å². The first kappa shape index (κ1) is 19.2. The van der Waals surface area contributed by atoms with E-state index in [1.165, 1.54) is 0 Å². The van der Waals surface area contributed by atoms with Gasteiger partial charge < -0.3 is 5.32 Å². The Balaban J connectivity index is 2.74. The lowest BCUT2D eigenvalue weighted by atomic mass is 9.94. The monoisotopic (exact) mass is 345 g/mol. The van der Waals surface area contributed by atoms with E-state index in [0.717, 1.165) is 5.56 Å². The molecular formula is C16H24ClNO3S. The quantitative estimate of drug-likeness (QED) is 0.447. The molecule has 0 aromatic heterocycles. The van der Waals surface area contributed by atoms with E-state index >= 15 is 0 Å². The van der Waals surface area contributed by atoms with Crippen LogP contribution in [0.3, 0.4) is 0 Å². The second kappa shape index (κ2) is 8.11. The molecular weight excluding hydrogens is 322 g/mol. The van der Waals surface area contributed by atoms with E-state index in [9.17, 15) is 8.42 Å². The van der Waals surface area contributed by atoms with Crippen molar-refractivity contribution in [3.05, 3.63) is 47.0 Å². The fourth-order valence-corrected chi connectivity index (χ4v) is 2.50. The zero-order valence-corrected chi connectivity index (χ0v) is 14.8. The Morgan fingerprint density at radius 1 is 1.27 bits per heavy atom. The van der Waals surface area contributed by atoms with Gasteiger partial charge in [-0.15, -0.1) is 0 Å². The van der Waals surface area contributed by atoms with Gasteiger partial charge in [-0.2, -0.15) is 8.42 Å². The van der Waals surface area contributed by atoms with Crippen molar-refractivity contribution in [1.82, 2.24) is 5.32 Å². The van der Waals surface area contributed by atoms with Gasteiger partial charge in [0.15, 0.2) is 0 Å². The van der Waals surface area contributed by atoms with Crippen LogP contribution in [0.15, 0.2) is 36.4 Å². The second-order valence-corrected chi connectivity index (χ2v) is 8.36. The first-order valence-electron chi connectivity index (χ1n) is 7.20. The minimum atomic E-state index is -3.90. The van der Waals surface area contributed by atoms with Gasteiger partial charge in [0.1, 0.15) is 0 Å². The molecule has 0 radical (unpaired) electrons. The number of benzene rings is 1.